The normalized spacial score (nSPS) is 10.9. The highest BCUT2D eigenvalue weighted by Gasteiger charge is 2.15. The molecule has 0 saturated heterocycles. The Kier molecular flexibility index (Phi) is 6.28. The van der Waals surface area contributed by atoms with Crippen molar-refractivity contribution in [2.75, 3.05) is 20.3 Å². The third-order valence-corrected chi connectivity index (χ3v) is 4.57. The van der Waals surface area contributed by atoms with E-state index in [1.165, 1.54) is 16.2 Å². The van der Waals surface area contributed by atoms with Crippen molar-refractivity contribution in [2.24, 2.45) is 0 Å². The molecular formula is C20H20ClN3O4. The molecule has 1 amide bonds. The average molecular weight is 402 g/mol. The van der Waals surface area contributed by atoms with Gasteiger partial charge in [0, 0.05) is 18.7 Å². The van der Waals surface area contributed by atoms with Crippen LogP contribution < -0.4 is 16.4 Å². The highest BCUT2D eigenvalue weighted by molar-refractivity contribution is 6.30. The minimum Gasteiger partial charge on any atom is -0.383 e. The van der Waals surface area contributed by atoms with Crippen LogP contribution in [0.3, 0.4) is 0 Å². The Hall–Kier alpha value is -2.90. The third-order valence-electron chi connectivity index (χ3n) is 4.32. The number of nitrogens with one attached hydrogen (secondary N) is 1. The summed E-state index contributed by atoms with van der Waals surface area (Å²) in [5.74, 6) is -0.362. The molecule has 0 aliphatic rings. The van der Waals surface area contributed by atoms with E-state index in [0.29, 0.717) is 29.2 Å². The number of hydrogen-bond acceptors (Lipinski definition) is 4. The van der Waals surface area contributed by atoms with E-state index in [9.17, 15) is 14.4 Å². The van der Waals surface area contributed by atoms with E-state index in [4.69, 9.17) is 16.3 Å². The van der Waals surface area contributed by atoms with Crippen LogP contribution in [0.5, 0.6) is 0 Å². The summed E-state index contributed by atoms with van der Waals surface area (Å²) >= 11 is 5.91. The molecule has 146 valence electrons. The Bertz CT molecular complexity index is 1100. The van der Waals surface area contributed by atoms with Crippen LogP contribution in [-0.2, 0) is 22.6 Å². The van der Waals surface area contributed by atoms with E-state index >= 15 is 0 Å². The van der Waals surface area contributed by atoms with Crippen molar-refractivity contribution in [3.8, 4) is 0 Å². The number of methoxy groups -OCH3 is 1. The minimum atomic E-state index is -0.741. The summed E-state index contributed by atoms with van der Waals surface area (Å²) in [6.07, 6.45) is 0. The van der Waals surface area contributed by atoms with E-state index in [1.54, 1.807) is 48.5 Å². The van der Waals surface area contributed by atoms with Crippen molar-refractivity contribution in [2.45, 2.75) is 13.1 Å². The SMILES string of the molecule is COCCNC(=O)Cn1c(=O)c(=O)n(Cc2ccc(Cl)cc2)c2ccccc21. The topological polar surface area (TPSA) is 82.3 Å². The van der Waals surface area contributed by atoms with E-state index in [-0.39, 0.29) is 19.0 Å². The number of aromatic nitrogens is 2. The predicted octanol–water partition coefficient (Wildman–Crippen LogP) is 1.63. The number of hydrogen-bond donors (Lipinski definition) is 1. The maximum absolute atomic E-state index is 12.8. The Labute approximate surface area is 166 Å². The van der Waals surface area contributed by atoms with Gasteiger partial charge in [-0.2, -0.15) is 0 Å². The summed E-state index contributed by atoms with van der Waals surface area (Å²) in [6, 6.07) is 14.1. The second-order valence-electron chi connectivity index (χ2n) is 6.24. The van der Waals surface area contributed by atoms with Crippen LogP contribution in [0.1, 0.15) is 5.56 Å². The Balaban J connectivity index is 2.02. The molecule has 0 fully saturated rings. The van der Waals surface area contributed by atoms with Gasteiger partial charge < -0.3 is 10.1 Å². The van der Waals surface area contributed by atoms with Crippen molar-refractivity contribution >= 4 is 28.5 Å². The largest absolute Gasteiger partial charge is 0.383 e. The summed E-state index contributed by atoms with van der Waals surface area (Å²) in [4.78, 5) is 37.6. The smallest absolute Gasteiger partial charge is 0.317 e. The summed E-state index contributed by atoms with van der Waals surface area (Å²) in [5.41, 5.74) is 0.508. The average Bonchev–Trinajstić information content (AvgIpc) is 2.70. The Morgan fingerprint density at radius 1 is 1.00 bits per heavy atom. The van der Waals surface area contributed by atoms with Crippen LogP contribution in [0.25, 0.3) is 11.0 Å². The lowest BCUT2D eigenvalue weighted by molar-refractivity contribution is -0.121. The van der Waals surface area contributed by atoms with E-state index < -0.39 is 11.1 Å². The van der Waals surface area contributed by atoms with Gasteiger partial charge in [-0.25, -0.2) is 0 Å². The van der Waals surface area contributed by atoms with Crippen molar-refractivity contribution in [3.63, 3.8) is 0 Å². The third kappa shape index (κ3) is 4.32. The molecule has 0 unspecified atom stereocenters. The summed E-state index contributed by atoms with van der Waals surface area (Å²) in [5, 5.41) is 3.25. The molecule has 8 heteroatoms. The fourth-order valence-corrected chi connectivity index (χ4v) is 3.07. The molecular weight excluding hydrogens is 382 g/mol. The fourth-order valence-electron chi connectivity index (χ4n) is 2.95. The Morgan fingerprint density at radius 2 is 1.61 bits per heavy atom. The van der Waals surface area contributed by atoms with E-state index in [0.717, 1.165) is 5.56 Å². The van der Waals surface area contributed by atoms with Crippen LogP contribution >= 0.6 is 11.6 Å². The maximum Gasteiger partial charge on any atom is 0.317 e. The van der Waals surface area contributed by atoms with Crippen LogP contribution in [0, 0.1) is 0 Å². The van der Waals surface area contributed by atoms with Gasteiger partial charge in [0.15, 0.2) is 0 Å². The summed E-state index contributed by atoms with van der Waals surface area (Å²) < 4.78 is 7.51. The molecule has 7 nitrogen and oxygen atoms in total. The molecule has 3 rings (SSSR count). The summed E-state index contributed by atoms with van der Waals surface area (Å²) in [7, 11) is 1.53. The van der Waals surface area contributed by atoms with Gasteiger partial charge >= 0.3 is 11.1 Å². The molecule has 28 heavy (non-hydrogen) atoms. The molecule has 0 spiro atoms. The van der Waals surface area contributed by atoms with Crippen molar-refractivity contribution in [1.82, 2.24) is 14.5 Å². The van der Waals surface area contributed by atoms with E-state index in [2.05, 4.69) is 5.32 Å². The van der Waals surface area contributed by atoms with Crippen LogP contribution in [-0.4, -0.2) is 35.3 Å². The summed E-state index contributed by atoms with van der Waals surface area (Å²) in [6.45, 7) is 0.687. The molecule has 0 aliphatic carbocycles. The number of halogens is 1. The van der Waals surface area contributed by atoms with Gasteiger partial charge in [-0.3, -0.25) is 23.5 Å². The van der Waals surface area contributed by atoms with E-state index in [1.807, 2.05) is 0 Å². The highest BCUT2D eigenvalue weighted by atomic mass is 35.5. The molecule has 0 aliphatic heterocycles. The second-order valence-corrected chi connectivity index (χ2v) is 6.68. The van der Waals surface area contributed by atoms with Gasteiger partial charge in [0.05, 0.1) is 24.2 Å². The van der Waals surface area contributed by atoms with Crippen molar-refractivity contribution < 1.29 is 9.53 Å². The van der Waals surface area contributed by atoms with Crippen LogP contribution in [0.4, 0.5) is 0 Å². The molecule has 1 N–H and O–H groups in total. The molecule has 0 bridgehead atoms. The molecule has 0 radical (unpaired) electrons. The first-order valence-corrected chi connectivity index (χ1v) is 9.11. The molecule has 1 aromatic heterocycles. The highest BCUT2D eigenvalue weighted by Crippen LogP contribution is 2.14. The molecule has 0 saturated carbocycles. The standard InChI is InChI=1S/C20H20ClN3O4/c1-28-11-10-22-18(25)13-24-17-5-3-2-4-16(17)23(19(26)20(24)27)12-14-6-8-15(21)9-7-14/h2-9H,10-13H2,1H3,(H,22,25). The predicted molar refractivity (Wildman–Crippen MR) is 108 cm³/mol. The van der Waals surface area contributed by atoms with Crippen LogP contribution in [0.2, 0.25) is 5.02 Å². The zero-order valence-corrected chi connectivity index (χ0v) is 16.1. The van der Waals surface area contributed by atoms with Gasteiger partial charge in [0.1, 0.15) is 6.54 Å². The van der Waals surface area contributed by atoms with Gasteiger partial charge in [0.2, 0.25) is 5.91 Å². The second kappa shape index (κ2) is 8.86. The zero-order chi connectivity index (χ0) is 20.1. The number of carbonyl (C=O) groups is 1. The fraction of sp³-hybridized carbons (Fsp3) is 0.250. The number of carbonyl (C=O) groups excluding carboxylic acids is 1. The number of fused-ring (bicyclic) bond motifs is 1. The first-order chi connectivity index (χ1) is 13.5. The number of nitrogens with zero attached hydrogens (tertiary/aromatic N) is 2. The lowest BCUT2D eigenvalue weighted by atomic mass is 10.2. The van der Waals surface area contributed by atoms with Crippen LogP contribution in [0.15, 0.2) is 58.1 Å². The number of ether oxygens (including phenoxy) is 1. The molecule has 2 aromatic carbocycles. The van der Waals surface area contributed by atoms with Gasteiger partial charge in [0.25, 0.3) is 0 Å². The first kappa shape index (κ1) is 19.9. The number of para-hydroxylation sites is 2. The Morgan fingerprint density at radius 3 is 2.25 bits per heavy atom. The molecule has 0 atom stereocenters. The number of benzene rings is 2. The molecule has 3 aromatic rings. The first-order valence-electron chi connectivity index (χ1n) is 8.73. The van der Waals surface area contributed by atoms with Gasteiger partial charge in [-0.1, -0.05) is 35.9 Å². The van der Waals surface area contributed by atoms with Crippen molar-refractivity contribution in [3.05, 3.63) is 79.8 Å². The van der Waals surface area contributed by atoms with Gasteiger partial charge in [-0.15, -0.1) is 0 Å². The zero-order valence-electron chi connectivity index (χ0n) is 15.4. The van der Waals surface area contributed by atoms with Crippen molar-refractivity contribution in [1.29, 1.82) is 0 Å². The van der Waals surface area contributed by atoms with Gasteiger partial charge in [-0.05, 0) is 29.8 Å². The minimum absolute atomic E-state index is 0.229. The lowest BCUT2D eigenvalue weighted by Crippen LogP contribution is -2.44. The number of rotatable bonds is 7. The lowest BCUT2D eigenvalue weighted by Gasteiger charge is -2.15. The number of amides is 1. The maximum atomic E-state index is 12.8. The monoisotopic (exact) mass is 401 g/mol. The quantitative estimate of drug-likeness (QED) is 0.482. The molecule has 1 heterocycles.